The highest BCUT2D eigenvalue weighted by Crippen LogP contribution is 2.12. The number of hydrogen-bond acceptors (Lipinski definition) is 5. The smallest absolute Gasteiger partial charge is 0.251 e. The van der Waals surface area contributed by atoms with Gasteiger partial charge in [-0.05, 0) is 31.2 Å². The average molecular weight is 351 g/mol. The van der Waals surface area contributed by atoms with E-state index < -0.39 is 6.04 Å². The standard InChI is InChI=1S/C16H25N5O4/c1-11(14(22)19-7-8-25-10-9-24-2)20-15(23)12-3-5-13(6-4-12)21-16(17)18/h3-6,11H,7-10H2,1-2H3,(H,19,22)(H,20,23)(H4,17,18,21). The van der Waals surface area contributed by atoms with Crippen molar-refractivity contribution in [2.75, 3.05) is 33.5 Å². The topological polar surface area (TPSA) is 141 Å². The molecule has 1 rings (SSSR count). The number of carbonyl (C=O) groups excluding carboxylic acids is 2. The van der Waals surface area contributed by atoms with Gasteiger partial charge in [-0.1, -0.05) is 0 Å². The Morgan fingerprint density at radius 3 is 2.44 bits per heavy atom. The molecule has 2 amide bonds. The molecule has 1 unspecified atom stereocenters. The van der Waals surface area contributed by atoms with E-state index in [-0.39, 0.29) is 17.8 Å². The largest absolute Gasteiger partial charge is 0.382 e. The van der Waals surface area contributed by atoms with Crippen LogP contribution in [0.5, 0.6) is 0 Å². The highest BCUT2D eigenvalue weighted by molar-refractivity contribution is 5.97. The van der Waals surface area contributed by atoms with Crippen LogP contribution < -0.4 is 22.1 Å². The molecule has 0 heterocycles. The molecule has 0 spiro atoms. The highest BCUT2D eigenvalue weighted by atomic mass is 16.5. The number of nitrogens with one attached hydrogen (secondary N) is 2. The maximum absolute atomic E-state index is 12.1. The van der Waals surface area contributed by atoms with Crippen LogP contribution in [0, 0.1) is 0 Å². The lowest BCUT2D eigenvalue weighted by atomic mass is 10.2. The molecule has 0 aromatic heterocycles. The number of aliphatic imine (C=N–C) groups is 1. The number of benzene rings is 1. The van der Waals surface area contributed by atoms with Crippen molar-refractivity contribution < 1.29 is 19.1 Å². The van der Waals surface area contributed by atoms with Gasteiger partial charge in [0.25, 0.3) is 5.91 Å². The number of hydrogen-bond donors (Lipinski definition) is 4. The Morgan fingerprint density at radius 1 is 1.16 bits per heavy atom. The lowest BCUT2D eigenvalue weighted by molar-refractivity contribution is -0.122. The highest BCUT2D eigenvalue weighted by Gasteiger charge is 2.16. The zero-order valence-corrected chi connectivity index (χ0v) is 14.5. The third-order valence-electron chi connectivity index (χ3n) is 3.11. The Hall–Kier alpha value is -2.65. The molecule has 9 nitrogen and oxygen atoms in total. The normalized spacial score (nSPS) is 11.4. The van der Waals surface area contributed by atoms with Crippen LogP contribution >= 0.6 is 0 Å². The third kappa shape index (κ3) is 8.13. The molecule has 0 aliphatic heterocycles. The van der Waals surface area contributed by atoms with E-state index in [1.165, 1.54) is 0 Å². The first-order valence-corrected chi connectivity index (χ1v) is 7.79. The number of rotatable bonds is 10. The number of guanidine groups is 1. The summed E-state index contributed by atoms with van der Waals surface area (Å²) in [6.45, 7) is 3.31. The molecule has 9 heteroatoms. The van der Waals surface area contributed by atoms with Gasteiger partial charge in [-0.2, -0.15) is 0 Å². The molecule has 0 fully saturated rings. The fourth-order valence-corrected chi connectivity index (χ4v) is 1.83. The summed E-state index contributed by atoms with van der Waals surface area (Å²) in [5.74, 6) is -0.718. The zero-order chi connectivity index (χ0) is 18.7. The maximum Gasteiger partial charge on any atom is 0.251 e. The molecule has 25 heavy (non-hydrogen) atoms. The second-order valence-electron chi connectivity index (χ2n) is 5.17. The molecule has 0 saturated carbocycles. The predicted molar refractivity (Wildman–Crippen MR) is 94.5 cm³/mol. The van der Waals surface area contributed by atoms with Gasteiger partial charge in [0.1, 0.15) is 6.04 Å². The van der Waals surface area contributed by atoms with E-state index >= 15 is 0 Å². The van der Waals surface area contributed by atoms with Gasteiger partial charge in [-0.25, -0.2) is 4.99 Å². The number of ether oxygens (including phenoxy) is 2. The Morgan fingerprint density at radius 2 is 1.84 bits per heavy atom. The Bertz CT molecular complexity index is 585. The number of carbonyl (C=O) groups is 2. The second kappa shape index (κ2) is 11.0. The summed E-state index contributed by atoms with van der Waals surface area (Å²) in [4.78, 5) is 27.9. The first-order chi connectivity index (χ1) is 11.9. The van der Waals surface area contributed by atoms with Crippen molar-refractivity contribution in [1.82, 2.24) is 10.6 Å². The molecule has 1 aromatic rings. The molecule has 1 aromatic carbocycles. The Kier molecular flexibility index (Phi) is 8.97. The summed E-state index contributed by atoms with van der Waals surface area (Å²) in [6, 6.07) is 5.69. The van der Waals surface area contributed by atoms with Gasteiger partial charge < -0.3 is 31.6 Å². The van der Waals surface area contributed by atoms with Gasteiger partial charge in [0, 0.05) is 19.2 Å². The first-order valence-electron chi connectivity index (χ1n) is 7.79. The van der Waals surface area contributed by atoms with Crippen molar-refractivity contribution in [3.63, 3.8) is 0 Å². The summed E-state index contributed by atoms with van der Waals surface area (Å²) in [6.07, 6.45) is 0. The van der Waals surface area contributed by atoms with Crippen molar-refractivity contribution in [1.29, 1.82) is 0 Å². The quantitative estimate of drug-likeness (QED) is 0.254. The molecular formula is C16H25N5O4. The molecule has 0 saturated heterocycles. The summed E-state index contributed by atoms with van der Waals surface area (Å²) < 4.78 is 10.1. The van der Waals surface area contributed by atoms with Crippen LogP contribution in [0.2, 0.25) is 0 Å². The summed E-state index contributed by atoms with van der Waals surface area (Å²) in [5.41, 5.74) is 11.5. The fourth-order valence-electron chi connectivity index (χ4n) is 1.83. The SMILES string of the molecule is COCCOCCNC(=O)C(C)NC(=O)c1ccc(N=C(N)N)cc1. The molecule has 0 bridgehead atoms. The van der Waals surface area contributed by atoms with Crippen LogP contribution in [0.25, 0.3) is 0 Å². The van der Waals surface area contributed by atoms with Gasteiger partial charge in [0.15, 0.2) is 5.96 Å². The molecular weight excluding hydrogens is 326 g/mol. The molecule has 0 aliphatic rings. The lowest BCUT2D eigenvalue weighted by Gasteiger charge is -2.14. The molecule has 1 atom stereocenters. The Balaban J connectivity index is 2.39. The van der Waals surface area contributed by atoms with Crippen molar-refractivity contribution in [2.24, 2.45) is 16.5 Å². The number of nitrogens with zero attached hydrogens (tertiary/aromatic N) is 1. The number of nitrogens with two attached hydrogens (primary N) is 2. The fraction of sp³-hybridized carbons (Fsp3) is 0.438. The van der Waals surface area contributed by atoms with Crippen LogP contribution in [-0.2, 0) is 14.3 Å². The van der Waals surface area contributed by atoms with E-state index in [1.807, 2.05) is 0 Å². The van der Waals surface area contributed by atoms with Gasteiger partial charge >= 0.3 is 0 Å². The van der Waals surface area contributed by atoms with Crippen LogP contribution in [0.1, 0.15) is 17.3 Å². The van der Waals surface area contributed by atoms with E-state index in [4.69, 9.17) is 20.9 Å². The predicted octanol–water partition coefficient (Wildman–Crippen LogP) is -0.511. The first kappa shape index (κ1) is 20.4. The average Bonchev–Trinajstić information content (AvgIpc) is 2.57. The van der Waals surface area contributed by atoms with E-state index in [9.17, 15) is 9.59 Å². The minimum Gasteiger partial charge on any atom is -0.382 e. The van der Waals surface area contributed by atoms with Gasteiger partial charge in [-0.3, -0.25) is 9.59 Å². The van der Waals surface area contributed by atoms with Crippen LogP contribution in [0.3, 0.4) is 0 Å². The summed E-state index contributed by atoms with van der Waals surface area (Å²) in [5, 5.41) is 5.30. The van der Waals surface area contributed by atoms with Crippen molar-refractivity contribution in [2.45, 2.75) is 13.0 Å². The van der Waals surface area contributed by atoms with Crippen LogP contribution in [-0.4, -0.2) is 57.3 Å². The summed E-state index contributed by atoms with van der Waals surface area (Å²) in [7, 11) is 1.59. The van der Waals surface area contributed by atoms with Gasteiger partial charge in [0.05, 0.1) is 25.5 Å². The monoisotopic (exact) mass is 351 g/mol. The number of amides is 2. The van der Waals surface area contributed by atoms with Gasteiger partial charge in [-0.15, -0.1) is 0 Å². The van der Waals surface area contributed by atoms with Crippen molar-refractivity contribution in [3.05, 3.63) is 29.8 Å². The van der Waals surface area contributed by atoms with Crippen molar-refractivity contribution >= 4 is 23.5 Å². The molecule has 6 N–H and O–H groups in total. The van der Waals surface area contributed by atoms with Crippen molar-refractivity contribution in [3.8, 4) is 0 Å². The molecule has 0 aliphatic carbocycles. The Labute approximate surface area is 146 Å². The second-order valence-corrected chi connectivity index (χ2v) is 5.17. The minimum atomic E-state index is -0.677. The third-order valence-corrected chi connectivity index (χ3v) is 3.11. The van der Waals surface area contributed by atoms with E-state index in [2.05, 4.69) is 15.6 Å². The zero-order valence-electron chi connectivity index (χ0n) is 14.5. The van der Waals surface area contributed by atoms with E-state index in [0.717, 1.165) is 0 Å². The maximum atomic E-state index is 12.1. The summed E-state index contributed by atoms with van der Waals surface area (Å²) >= 11 is 0. The number of methoxy groups -OCH3 is 1. The van der Waals surface area contributed by atoms with Crippen LogP contribution in [0.15, 0.2) is 29.3 Å². The van der Waals surface area contributed by atoms with Gasteiger partial charge in [0.2, 0.25) is 5.91 Å². The van der Waals surface area contributed by atoms with Crippen LogP contribution in [0.4, 0.5) is 5.69 Å². The van der Waals surface area contributed by atoms with E-state index in [0.29, 0.717) is 37.6 Å². The lowest BCUT2D eigenvalue weighted by Crippen LogP contribution is -2.45. The molecule has 138 valence electrons. The minimum absolute atomic E-state index is 0.0614. The molecule has 0 radical (unpaired) electrons. The van der Waals surface area contributed by atoms with E-state index in [1.54, 1.807) is 38.3 Å².